The van der Waals surface area contributed by atoms with Crippen LogP contribution in [-0.4, -0.2) is 5.16 Å². The van der Waals surface area contributed by atoms with E-state index in [4.69, 9.17) is 4.52 Å². The molecule has 0 radical (unpaired) electrons. The van der Waals surface area contributed by atoms with E-state index in [-0.39, 0.29) is 0 Å². The van der Waals surface area contributed by atoms with Crippen LogP contribution in [0, 0.1) is 0 Å². The molecule has 2 aromatic carbocycles. The molecule has 19 heavy (non-hydrogen) atoms. The fraction of sp³-hybridized carbons (Fsp3) is 0.235. The van der Waals surface area contributed by atoms with Crippen LogP contribution in [0.5, 0.6) is 0 Å². The topological polar surface area (TPSA) is 26.0 Å². The lowest BCUT2D eigenvalue weighted by Crippen LogP contribution is -1.91. The van der Waals surface area contributed by atoms with Crippen LogP contribution in [-0.2, 0) is 0 Å². The fourth-order valence-corrected chi connectivity index (χ4v) is 2.36. The summed E-state index contributed by atoms with van der Waals surface area (Å²) in [6.45, 7) is 4.34. The molecule has 1 atom stereocenters. The van der Waals surface area contributed by atoms with Gasteiger partial charge in [-0.3, -0.25) is 0 Å². The summed E-state index contributed by atoms with van der Waals surface area (Å²) < 4.78 is 5.43. The molecular formula is C17H17NO. The highest BCUT2D eigenvalue weighted by molar-refractivity contribution is 5.87. The molecule has 96 valence electrons. The fourth-order valence-electron chi connectivity index (χ4n) is 2.36. The predicted molar refractivity (Wildman–Crippen MR) is 78.2 cm³/mol. The second-order valence-corrected chi connectivity index (χ2v) is 4.97. The summed E-state index contributed by atoms with van der Waals surface area (Å²) in [7, 11) is 0. The quantitative estimate of drug-likeness (QED) is 0.654. The molecule has 2 heteroatoms. The van der Waals surface area contributed by atoms with Crippen molar-refractivity contribution in [3.8, 4) is 11.1 Å². The summed E-state index contributed by atoms with van der Waals surface area (Å²) in [6, 6.07) is 14.9. The van der Waals surface area contributed by atoms with Crippen LogP contribution >= 0.6 is 0 Å². The first kappa shape index (κ1) is 12.0. The number of hydrogen-bond donors (Lipinski definition) is 0. The van der Waals surface area contributed by atoms with Crippen LogP contribution in [0.2, 0.25) is 0 Å². The number of nitrogens with zero attached hydrogens (tertiary/aromatic N) is 1. The SMILES string of the molecule is CCC(C)c1oncc1-c1ccc2ccccc2c1. The minimum absolute atomic E-state index is 0.393. The van der Waals surface area contributed by atoms with Crippen molar-refractivity contribution in [2.75, 3.05) is 0 Å². The van der Waals surface area contributed by atoms with E-state index in [9.17, 15) is 0 Å². The first-order chi connectivity index (χ1) is 9.29. The Hall–Kier alpha value is -2.09. The molecule has 2 nitrogen and oxygen atoms in total. The van der Waals surface area contributed by atoms with Gasteiger partial charge in [0, 0.05) is 11.5 Å². The van der Waals surface area contributed by atoms with E-state index < -0.39 is 0 Å². The van der Waals surface area contributed by atoms with E-state index >= 15 is 0 Å². The maximum Gasteiger partial charge on any atom is 0.147 e. The first-order valence-corrected chi connectivity index (χ1v) is 6.73. The maximum absolute atomic E-state index is 5.43. The van der Waals surface area contributed by atoms with Crippen molar-refractivity contribution in [2.45, 2.75) is 26.2 Å². The molecule has 0 bridgehead atoms. The summed E-state index contributed by atoms with van der Waals surface area (Å²) in [5.41, 5.74) is 2.29. The second kappa shape index (κ2) is 4.88. The standard InChI is InChI=1S/C17H17NO/c1-3-12(2)17-16(11-18-19-17)15-9-8-13-6-4-5-7-14(13)10-15/h4-12H,3H2,1-2H3. The van der Waals surface area contributed by atoms with Crippen molar-refractivity contribution in [3.05, 3.63) is 54.4 Å². The average molecular weight is 251 g/mol. The van der Waals surface area contributed by atoms with E-state index in [1.807, 2.05) is 6.20 Å². The van der Waals surface area contributed by atoms with Crippen LogP contribution in [0.3, 0.4) is 0 Å². The van der Waals surface area contributed by atoms with E-state index in [1.165, 1.54) is 16.3 Å². The van der Waals surface area contributed by atoms with Crippen LogP contribution in [0.1, 0.15) is 31.9 Å². The predicted octanol–water partition coefficient (Wildman–Crippen LogP) is 5.01. The Labute approximate surface area is 113 Å². The highest BCUT2D eigenvalue weighted by Crippen LogP contribution is 2.32. The number of fused-ring (bicyclic) bond motifs is 1. The largest absolute Gasteiger partial charge is 0.360 e. The molecular weight excluding hydrogens is 234 g/mol. The van der Waals surface area contributed by atoms with E-state index in [0.717, 1.165) is 17.7 Å². The molecule has 0 fully saturated rings. The Morgan fingerprint density at radius 2 is 1.89 bits per heavy atom. The van der Waals surface area contributed by atoms with Gasteiger partial charge in [0.2, 0.25) is 0 Å². The van der Waals surface area contributed by atoms with Crippen LogP contribution in [0.15, 0.2) is 53.2 Å². The molecule has 0 amide bonds. The number of aromatic nitrogens is 1. The Kier molecular flexibility index (Phi) is 3.08. The van der Waals surface area contributed by atoms with Gasteiger partial charge in [0.05, 0.1) is 6.20 Å². The van der Waals surface area contributed by atoms with Gasteiger partial charge in [-0.15, -0.1) is 0 Å². The number of rotatable bonds is 3. The third-order valence-electron chi connectivity index (χ3n) is 3.72. The highest BCUT2D eigenvalue weighted by atomic mass is 16.5. The first-order valence-electron chi connectivity index (χ1n) is 6.73. The zero-order chi connectivity index (χ0) is 13.2. The Morgan fingerprint density at radius 1 is 1.11 bits per heavy atom. The second-order valence-electron chi connectivity index (χ2n) is 4.97. The Morgan fingerprint density at radius 3 is 2.68 bits per heavy atom. The lowest BCUT2D eigenvalue weighted by atomic mass is 9.96. The van der Waals surface area contributed by atoms with Crippen LogP contribution < -0.4 is 0 Å². The van der Waals surface area contributed by atoms with Gasteiger partial charge in [0.25, 0.3) is 0 Å². The third kappa shape index (κ3) is 2.14. The molecule has 0 saturated carbocycles. The Bertz CT molecular complexity index is 699. The lowest BCUT2D eigenvalue weighted by Gasteiger charge is -2.07. The van der Waals surface area contributed by atoms with Crippen molar-refractivity contribution in [3.63, 3.8) is 0 Å². The van der Waals surface area contributed by atoms with Gasteiger partial charge in [-0.2, -0.15) is 0 Å². The smallest absolute Gasteiger partial charge is 0.147 e. The third-order valence-corrected chi connectivity index (χ3v) is 3.72. The van der Waals surface area contributed by atoms with Gasteiger partial charge in [-0.25, -0.2) is 0 Å². The molecule has 3 aromatic rings. The molecule has 0 saturated heterocycles. The van der Waals surface area contributed by atoms with Crippen molar-refractivity contribution in [1.82, 2.24) is 5.16 Å². The van der Waals surface area contributed by atoms with Crippen LogP contribution in [0.4, 0.5) is 0 Å². The number of hydrogen-bond acceptors (Lipinski definition) is 2. The van der Waals surface area contributed by atoms with Gasteiger partial charge >= 0.3 is 0 Å². The molecule has 0 aliphatic carbocycles. The van der Waals surface area contributed by atoms with Gasteiger partial charge < -0.3 is 4.52 Å². The summed E-state index contributed by atoms with van der Waals surface area (Å²) in [6.07, 6.45) is 2.88. The molecule has 3 rings (SSSR count). The summed E-state index contributed by atoms with van der Waals surface area (Å²) >= 11 is 0. The van der Waals surface area contributed by atoms with Crippen molar-refractivity contribution in [2.24, 2.45) is 0 Å². The monoisotopic (exact) mass is 251 g/mol. The maximum atomic E-state index is 5.43. The Balaban J connectivity index is 2.12. The molecule has 1 heterocycles. The van der Waals surface area contributed by atoms with Crippen molar-refractivity contribution < 1.29 is 4.52 Å². The zero-order valence-electron chi connectivity index (χ0n) is 11.3. The van der Waals surface area contributed by atoms with Crippen molar-refractivity contribution >= 4 is 10.8 Å². The van der Waals surface area contributed by atoms with E-state index in [2.05, 4.69) is 61.5 Å². The van der Waals surface area contributed by atoms with Gasteiger partial charge in [0.15, 0.2) is 0 Å². The van der Waals surface area contributed by atoms with E-state index in [0.29, 0.717) is 5.92 Å². The van der Waals surface area contributed by atoms with Crippen LogP contribution in [0.25, 0.3) is 21.9 Å². The summed E-state index contributed by atoms with van der Waals surface area (Å²) in [5, 5.41) is 6.48. The molecule has 0 aliphatic rings. The molecule has 0 spiro atoms. The minimum atomic E-state index is 0.393. The highest BCUT2D eigenvalue weighted by Gasteiger charge is 2.15. The van der Waals surface area contributed by atoms with Gasteiger partial charge in [-0.1, -0.05) is 55.4 Å². The molecule has 1 aromatic heterocycles. The summed E-state index contributed by atoms with van der Waals surface area (Å²) in [4.78, 5) is 0. The summed E-state index contributed by atoms with van der Waals surface area (Å²) in [5.74, 6) is 1.38. The molecule has 1 unspecified atom stereocenters. The minimum Gasteiger partial charge on any atom is -0.360 e. The zero-order valence-corrected chi connectivity index (χ0v) is 11.3. The van der Waals surface area contributed by atoms with Crippen molar-refractivity contribution in [1.29, 1.82) is 0 Å². The van der Waals surface area contributed by atoms with E-state index in [1.54, 1.807) is 0 Å². The normalized spacial score (nSPS) is 12.7. The number of benzene rings is 2. The molecule has 0 aliphatic heterocycles. The average Bonchev–Trinajstić information content (AvgIpc) is 2.95. The van der Waals surface area contributed by atoms with Gasteiger partial charge in [-0.05, 0) is 28.8 Å². The lowest BCUT2D eigenvalue weighted by molar-refractivity contribution is 0.364. The molecule has 0 N–H and O–H groups in total. The van der Waals surface area contributed by atoms with Gasteiger partial charge in [0.1, 0.15) is 5.76 Å².